The molecule has 0 radical (unpaired) electrons. The van der Waals surface area contributed by atoms with Gasteiger partial charge in [-0.2, -0.15) is 0 Å². The summed E-state index contributed by atoms with van der Waals surface area (Å²) in [5.41, 5.74) is 0. The summed E-state index contributed by atoms with van der Waals surface area (Å²) in [6, 6.07) is 3.32. The smallest absolute Gasteiger partial charge is 0.287 e. The van der Waals surface area contributed by atoms with Crippen LogP contribution in [0.2, 0.25) is 0 Å². The molecule has 2 rings (SSSR count). The van der Waals surface area contributed by atoms with Crippen LogP contribution in [0, 0.1) is 0 Å². The normalized spacial score (nSPS) is 12.4. The molecular formula is C11H12BrN3O2. The van der Waals surface area contributed by atoms with E-state index < -0.39 is 0 Å². The number of nitrogens with one attached hydrogen (secondary N) is 1. The molecule has 1 unspecified atom stereocenters. The third kappa shape index (κ3) is 3.20. The van der Waals surface area contributed by atoms with Crippen LogP contribution in [0.4, 0.5) is 0 Å². The quantitative estimate of drug-likeness (QED) is 0.940. The summed E-state index contributed by atoms with van der Waals surface area (Å²) in [5, 5.41) is 2.85. The third-order valence-corrected chi connectivity index (χ3v) is 2.64. The molecular weight excluding hydrogens is 286 g/mol. The standard InChI is InChI=1S/C11H12BrN3O2/c1-8(6-15-5-4-13-7-15)14-11(16)9-2-3-10(12)17-9/h2-5,7-8H,6H2,1H3,(H,14,16). The number of hydrogen-bond donors (Lipinski definition) is 1. The molecule has 0 aliphatic heterocycles. The van der Waals surface area contributed by atoms with Gasteiger partial charge in [-0.3, -0.25) is 4.79 Å². The molecule has 1 N–H and O–H groups in total. The zero-order valence-corrected chi connectivity index (χ0v) is 10.8. The Morgan fingerprint density at radius 1 is 1.65 bits per heavy atom. The second kappa shape index (κ2) is 5.18. The maximum Gasteiger partial charge on any atom is 0.287 e. The van der Waals surface area contributed by atoms with Gasteiger partial charge in [0.25, 0.3) is 5.91 Å². The highest BCUT2D eigenvalue weighted by Crippen LogP contribution is 2.13. The first-order chi connectivity index (χ1) is 8.15. The molecule has 0 saturated heterocycles. The van der Waals surface area contributed by atoms with Gasteiger partial charge in [0.2, 0.25) is 0 Å². The fraction of sp³-hybridized carbons (Fsp3) is 0.273. The number of carbonyl (C=O) groups excluding carboxylic acids is 1. The second-order valence-electron chi connectivity index (χ2n) is 3.74. The molecule has 1 amide bonds. The summed E-state index contributed by atoms with van der Waals surface area (Å²) >= 11 is 3.16. The summed E-state index contributed by atoms with van der Waals surface area (Å²) in [5.74, 6) is 0.0812. The largest absolute Gasteiger partial charge is 0.444 e. The van der Waals surface area contributed by atoms with Crippen LogP contribution < -0.4 is 5.32 Å². The van der Waals surface area contributed by atoms with Crippen LogP contribution in [0.5, 0.6) is 0 Å². The fourth-order valence-corrected chi connectivity index (χ4v) is 1.79. The summed E-state index contributed by atoms with van der Waals surface area (Å²) < 4.78 is 7.62. The van der Waals surface area contributed by atoms with Crippen LogP contribution in [-0.4, -0.2) is 21.5 Å². The van der Waals surface area contributed by atoms with Gasteiger partial charge in [0.1, 0.15) is 0 Å². The Kier molecular flexibility index (Phi) is 3.63. The summed E-state index contributed by atoms with van der Waals surface area (Å²) in [4.78, 5) is 15.7. The van der Waals surface area contributed by atoms with Crippen molar-refractivity contribution in [1.82, 2.24) is 14.9 Å². The van der Waals surface area contributed by atoms with E-state index in [0.29, 0.717) is 17.0 Å². The van der Waals surface area contributed by atoms with E-state index in [2.05, 4.69) is 26.2 Å². The molecule has 2 aromatic heterocycles. The zero-order valence-electron chi connectivity index (χ0n) is 9.26. The summed E-state index contributed by atoms with van der Waals surface area (Å²) in [6.07, 6.45) is 5.27. The molecule has 1 atom stereocenters. The van der Waals surface area contributed by atoms with Crippen molar-refractivity contribution < 1.29 is 9.21 Å². The predicted molar refractivity (Wildman–Crippen MR) is 65.6 cm³/mol. The van der Waals surface area contributed by atoms with Crippen LogP contribution >= 0.6 is 15.9 Å². The van der Waals surface area contributed by atoms with E-state index in [9.17, 15) is 4.79 Å². The number of amides is 1. The number of furan rings is 1. The number of hydrogen-bond acceptors (Lipinski definition) is 3. The lowest BCUT2D eigenvalue weighted by Gasteiger charge is -2.13. The van der Waals surface area contributed by atoms with Gasteiger partial charge in [-0.1, -0.05) is 0 Å². The van der Waals surface area contributed by atoms with Crippen LogP contribution in [-0.2, 0) is 6.54 Å². The molecule has 0 aliphatic carbocycles. The average Bonchev–Trinajstić information content (AvgIpc) is 2.89. The van der Waals surface area contributed by atoms with Gasteiger partial charge in [-0.25, -0.2) is 4.98 Å². The minimum atomic E-state index is -0.219. The maximum atomic E-state index is 11.7. The highest BCUT2D eigenvalue weighted by Gasteiger charge is 2.13. The topological polar surface area (TPSA) is 60.1 Å². The first-order valence-corrected chi connectivity index (χ1v) is 5.96. The SMILES string of the molecule is CC(Cn1ccnc1)NC(=O)c1ccc(Br)o1. The van der Waals surface area contributed by atoms with Gasteiger partial charge in [0.05, 0.1) is 6.33 Å². The summed E-state index contributed by atoms with van der Waals surface area (Å²) in [7, 11) is 0. The summed E-state index contributed by atoms with van der Waals surface area (Å²) in [6.45, 7) is 2.60. The van der Waals surface area contributed by atoms with Crippen LogP contribution in [0.1, 0.15) is 17.5 Å². The Hall–Kier alpha value is -1.56. The van der Waals surface area contributed by atoms with E-state index in [0.717, 1.165) is 0 Å². The van der Waals surface area contributed by atoms with E-state index >= 15 is 0 Å². The average molecular weight is 298 g/mol. The zero-order chi connectivity index (χ0) is 12.3. The van der Waals surface area contributed by atoms with Gasteiger partial charge >= 0.3 is 0 Å². The fourth-order valence-electron chi connectivity index (χ4n) is 1.49. The third-order valence-electron chi connectivity index (χ3n) is 2.22. The Labute approximate surface area is 107 Å². The Balaban J connectivity index is 1.90. The molecule has 17 heavy (non-hydrogen) atoms. The molecule has 0 aliphatic rings. The lowest BCUT2D eigenvalue weighted by molar-refractivity contribution is 0.0907. The van der Waals surface area contributed by atoms with Crippen molar-refractivity contribution in [2.75, 3.05) is 0 Å². The van der Waals surface area contributed by atoms with Crippen molar-refractivity contribution in [1.29, 1.82) is 0 Å². The highest BCUT2D eigenvalue weighted by molar-refractivity contribution is 9.10. The number of carbonyl (C=O) groups is 1. The monoisotopic (exact) mass is 297 g/mol. The van der Waals surface area contributed by atoms with Crippen molar-refractivity contribution in [2.24, 2.45) is 0 Å². The number of aromatic nitrogens is 2. The molecule has 0 spiro atoms. The first kappa shape index (κ1) is 11.9. The molecule has 6 heteroatoms. The van der Waals surface area contributed by atoms with E-state index in [1.165, 1.54) is 0 Å². The number of nitrogens with zero attached hydrogens (tertiary/aromatic N) is 2. The van der Waals surface area contributed by atoms with Crippen molar-refractivity contribution in [3.05, 3.63) is 41.3 Å². The van der Waals surface area contributed by atoms with E-state index in [-0.39, 0.29) is 11.9 Å². The Morgan fingerprint density at radius 2 is 2.47 bits per heavy atom. The van der Waals surface area contributed by atoms with Crippen LogP contribution in [0.3, 0.4) is 0 Å². The minimum Gasteiger partial charge on any atom is -0.444 e. The van der Waals surface area contributed by atoms with Gasteiger partial charge in [-0.15, -0.1) is 0 Å². The Bertz CT molecular complexity index is 493. The van der Waals surface area contributed by atoms with Gasteiger partial charge < -0.3 is 14.3 Å². The van der Waals surface area contributed by atoms with Crippen molar-refractivity contribution in [3.63, 3.8) is 0 Å². The van der Waals surface area contributed by atoms with E-state index in [4.69, 9.17) is 4.42 Å². The number of imidazole rings is 1. The predicted octanol–water partition coefficient (Wildman–Crippen LogP) is 2.06. The van der Waals surface area contributed by atoms with Crippen molar-refractivity contribution in [3.8, 4) is 0 Å². The van der Waals surface area contributed by atoms with Crippen LogP contribution in [0.25, 0.3) is 0 Å². The minimum absolute atomic E-state index is 0.000533. The Morgan fingerprint density at radius 3 is 3.06 bits per heavy atom. The molecule has 2 heterocycles. The number of rotatable bonds is 4. The molecule has 0 bridgehead atoms. The van der Waals surface area contributed by atoms with Crippen molar-refractivity contribution in [2.45, 2.75) is 19.5 Å². The van der Waals surface area contributed by atoms with E-state index in [1.807, 2.05) is 17.7 Å². The molecule has 0 aromatic carbocycles. The van der Waals surface area contributed by atoms with Gasteiger partial charge in [0.15, 0.2) is 10.4 Å². The first-order valence-electron chi connectivity index (χ1n) is 5.17. The van der Waals surface area contributed by atoms with Gasteiger partial charge in [0, 0.05) is 25.0 Å². The second-order valence-corrected chi connectivity index (χ2v) is 4.52. The van der Waals surface area contributed by atoms with Gasteiger partial charge in [-0.05, 0) is 35.0 Å². The van der Waals surface area contributed by atoms with E-state index in [1.54, 1.807) is 24.7 Å². The molecule has 0 fully saturated rings. The maximum absolute atomic E-state index is 11.7. The molecule has 2 aromatic rings. The van der Waals surface area contributed by atoms with Crippen molar-refractivity contribution >= 4 is 21.8 Å². The van der Waals surface area contributed by atoms with Crippen LogP contribution in [0.15, 0.2) is 39.9 Å². The molecule has 90 valence electrons. The number of halogens is 1. The lowest BCUT2D eigenvalue weighted by Crippen LogP contribution is -2.35. The molecule has 0 saturated carbocycles. The highest BCUT2D eigenvalue weighted by atomic mass is 79.9. The molecule has 5 nitrogen and oxygen atoms in total. The lowest BCUT2D eigenvalue weighted by atomic mass is 10.3.